The number of anilines is 1. The van der Waals surface area contributed by atoms with Crippen LogP contribution in [0.4, 0.5) is 5.82 Å². The van der Waals surface area contributed by atoms with Crippen LogP contribution in [0.15, 0.2) is 18.5 Å². The molecule has 5 nitrogen and oxygen atoms in total. The number of hydrogen-bond donors (Lipinski definition) is 2. The van der Waals surface area contributed by atoms with E-state index in [1.165, 1.54) is 5.56 Å². The van der Waals surface area contributed by atoms with Crippen molar-refractivity contribution in [1.82, 2.24) is 14.6 Å². The Hall–Kier alpha value is -1.62. The average Bonchev–Trinajstić information content (AvgIpc) is 2.71. The monoisotopic (exact) mass is 203 g/mol. The van der Waals surface area contributed by atoms with E-state index in [4.69, 9.17) is 5.73 Å². The van der Waals surface area contributed by atoms with Crippen molar-refractivity contribution >= 4 is 11.5 Å². The van der Waals surface area contributed by atoms with E-state index in [2.05, 4.69) is 21.5 Å². The molecule has 5 heteroatoms. The zero-order valence-electron chi connectivity index (χ0n) is 8.51. The second-order valence-electron chi connectivity index (χ2n) is 4.10. The molecule has 0 aliphatic heterocycles. The molecule has 2 aromatic heterocycles. The Kier molecular flexibility index (Phi) is 1.70. The highest BCUT2D eigenvalue weighted by Gasteiger charge is 2.33. The van der Waals surface area contributed by atoms with Crippen molar-refractivity contribution in [2.24, 2.45) is 5.73 Å². The van der Waals surface area contributed by atoms with E-state index in [0.29, 0.717) is 6.04 Å². The summed E-state index contributed by atoms with van der Waals surface area (Å²) in [6.45, 7) is 2.05. The van der Waals surface area contributed by atoms with Crippen molar-refractivity contribution < 1.29 is 0 Å². The van der Waals surface area contributed by atoms with Crippen molar-refractivity contribution in [1.29, 1.82) is 0 Å². The Labute approximate surface area is 87.3 Å². The van der Waals surface area contributed by atoms with Gasteiger partial charge < -0.3 is 11.1 Å². The number of hydrogen-bond acceptors (Lipinski definition) is 4. The van der Waals surface area contributed by atoms with Crippen LogP contribution in [-0.2, 0) is 0 Å². The van der Waals surface area contributed by atoms with Crippen LogP contribution in [0.2, 0.25) is 0 Å². The van der Waals surface area contributed by atoms with Gasteiger partial charge in [0.1, 0.15) is 12.1 Å². The lowest BCUT2D eigenvalue weighted by Gasteiger charge is -2.07. The number of nitrogens with two attached hydrogens (primary N) is 1. The fourth-order valence-corrected chi connectivity index (χ4v) is 1.73. The van der Waals surface area contributed by atoms with E-state index in [1.54, 1.807) is 10.8 Å². The van der Waals surface area contributed by atoms with Crippen LogP contribution < -0.4 is 11.1 Å². The van der Waals surface area contributed by atoms with Crippen molar-refractivity contribution in [3.8, 4) is 0 Å². The third-order valence-corrected chi connectivity index (χ3v) is 2.70. The van der Waals surface area contributed by atoms with E-state index < -0.39 is 0 Å². The fraction of sp³-hybridized carbons (Fsp3) is 0.400. The molecule has 1 aliphatic carbocycles. The van der Waals surface area contributed by atoms with Gasteiger partial charge in [-0.15, -0.1) is 0 Å². The average molecular weight is 203 g/mol. The molecule has 0 amide bonds. The minimum Gasteiger partial charge on any atom is -0.366 e. The molecule has 0 spiro atoms. The third kappa shape index (κ3) is 1.45. The predicted molar refractivity (Wildman–Crippen MR) is 57.7 cm³/mol. The highest BCUT2D eigenvalue weighted by Crippen LogP contribution is 2.24. The summed E-state index contributed by atoms with van der Waals surface area (Å²) in [7, 11) is 0. The molecule has 15 heavy (non-hydrogen) atoms. The normalized spacial score (nSPS) is 24.4. The van der Waals surface area contributed by atoms with Crippen LogP contribution in [0.1, 0.15) is 12.0 Å². The molecule has 0 saturated heterocycles. The number of aromatic nitrogens is 3. The smallest absolute Gasteiger partial charge is 0.157 e. The summed E-state index contributed by atoms with van der Waals surface area (Å²) in [6.07, 6.45) is 2.59. The first kappa shape index (κ1) is 8.67. The maximum Gasteiger partial charge on any atom is 0.157 e. The van der Waals surface area contributed by atoms with Gasteiger partial charge in [-0.25, -0.2) is 4.98 Å². The maximum absolute atomic E-state index is 5.76. The molecule has 0 bridgehead atoms. The van der Waals surface area contributed by atoms with Crippen LogP contribution in [-0.4, -0.2) is 26.7 Å². The van der Waals surface area contributed by atoms with Crippen LogP contribution in [0.3, 0.4) is 0 Å². The first-order valence-electron chi connectivity index (χ1n) is 5.06. The number of fused-ring (bicyclic) bond motifs is 1. The Balaban J connectivity index is 2.03. The minimum atomic E-state index is 0.282. The molecule has 3 rings (SSSR count). The number of rotatable bonds is 2. The molecule has 0 radical (unpaired) electrons. The molecule has 78 valence electrons. The van der Waals surface area contributed by atoms with Crippen molar-refractivity contribution in [3.63, 3.8) is 0 Å². The molecule has 1 saturated carbocycles. The highest BCUT2D eigenvalue weighted by atomic mass is 15.3. The lowest BCUT2D eigenvalue weighted by Crippen LogP contribution is -2.15. The van der Waals surface area contributed by atoms with Gasteiger partial charge in [-0.05, 0) is 31.0 Å². The number of pyridine rings is 1. The maximum atomic E-state index is 5.76. The van der Waals surface area contributed by atoms with Gasteiger partial charge in [-0.3, -0.25) is 0 Å². The largest absolute Gasteiger partial charge is 0.366 e. The predicted octanol–water partition coefficient (Wildman–Crippen LogP) is 0.549. The first-order chi connectivity index (χ1) is 7.24. The van der Waals surface area contributed by atoms with E-state index >= 15 is 0 Å². The summed E-state index contributed by atoms with van der Waals surface area (Å²) in [5, 5.41) is 7.54. The molecule has 2 unspecified atom stereocenters. The van der Waals surface area contributed by atoms with Gasteiger partial charge in [-0.1, -0.05) is 0 Å². The van der Waals surface area contributed by atoms with Gasteiger partial charge in [0.25, 0.3) is 0 Å². The van der Waals surface area contributed by atoms with E-state index in [1.807, 2.05) is 13.0 Å². The standard InChI is InChI=1S/C10H13N5/c1-6-2-9-12-5-13-15(9)10(3-6)14-8-4-7(8)11/h2-3,5,7-8,14H,4,11H2,1H3. The Morgan fingerprint density at radius 2 is 2.33 bits per heavy atom. The van der Waals surface area contributed by atoms with Crippen molar-refractivity contribution in [2.75, 3.05) is 5.32 Å². The van der Waals surface area contributed by atoms with Gasteiger partial charge in [0.15, 0.2) is 5.65 Å². The third-order valence-electron chi connectivity index (χ3n) is 2.70. The molecular formula is C10H13N5. The second-order valence-corrected chi connectivity index (χ2v) is 4.10. The van der Waals surface area contributed by atoms with Gasteiger partial charge in [0.2, 0.25) is 0 Å². The number of nitrogens with one attached hydrogen (secondary N) is 1. The topological polar surface area (TPSA) is 68.2 Å². The van der Waals surface area contributed by atoms with Crippen molar-refractivity contribution in [3.05, 3.63) is 24.0 Å². The highest BCUT2D eigenvalue weighted by molar-refractivity contribution is 5.52. The molecule has 2 atom stereocenters. The molecule has 2 heterocycles. The summed E-state index contributed by atoms with van der Waals surface area (Å²) in [4.78, 5) is 4.17. The summed E-state index contributed by atoms with van der Waals surface area (Å²) < 4.78 is 1.80. The lowest BCUT2D eigenvalue weighted by molar-refractivity contribution is 0.923. The zero-order chi connectivity index (χ0) is 10.4. The summed E-state index contributed by atoms with van der Waals surface area (Å²) in [5.41, 5.74) is 7.80. The molecule has 2 aromatic rings. The van der Waals surface area contributed by atoms with Crippen LogP contribution >= 0.6 is 0 Å². The minimum absolute atomic E-state index is 0.282. The van der Waals surface area contributed by atoms with Gasteiger partial charge in [0.05, 0.1) is 0 Å². The van der Waals surface area contributed by atoms with Crippen LogP contribution in [0.5, 0.6) is 0 Å². The van der Waals surface area contributed by atoms with Gasteiger partial charge >= 0.3 is 0 Å². The van der Waals surface area contributed by atoms with Crippen molar-refractivity contribution in [2.45, 2.75) is 25.4 Å². The lowest BCUT2D eigenvalue weighted by atomic mass is 10.3. The van der Waals surface area contributed by atoms with Crippen LogP contribution in [0, 0.1) is 6.92 Å². The second kappa shape index (κ2) is 2.93. The van der Waals surface area contributed by atoms with E-state index in [-0.39, 0.29) is 6.04 Å². The molecule has 1 aliphatic rings. The molecule has 3 N–H and O–H groups in total. The number of nitrogens with zero attached hydrogens (tertiary/aromatic N) is 3. The van der Waals surface area contributed by atoms with Crippen LogP contribution in [0.25, 0.3) is 5.65 Å². The molecule has 0 aromatic carbocycles. The summed E-state index contributed by atoms with van der Waals surface area (Å²) in [5.74, 6) is 0.973. The Morgan fingerprint density at radius 1 is 1.53 bits per heavy atom. The van der Waals surface area contributed by atoms with Gasteiger partial charge in [0, 0.05) is 12.1 Å². The van der Waals surface area contributed by atoms with E-state index in [0.717, 1.165) is 17.9 Å². The van der Waals surface area contributed by atoms with E-state index in [9.17, 15) is 0 Å². The Bertz CT molecular complexity index is 503. The first-order valence-corrected chi connectivity index (χ1v) is 5.06. The molecule has 1 fully saturated rings. The zero-order valence-corrected chi connectivity index (χ0v) is 8.51. The van der Waals surface area contributed by atoms with Gasteiger partial charge in [-0.2, -0.15) is 9.61 Å². The SMILES string of the molecule is Cc1cc(NC2CC2N)n2ncnc2c1. The number of aryl methyl sites for hydroxylation is 1. The fourth-order valence-electron chi connectivity index (χ4n) is 1.73. The summed E-state index contributed by atoms with van der Waals surface area (Å²) >= 11 is 0. The quantitative estimate of drug-likeness (QED) is 0.748. The Morgan fingerprint density at radius 3 is 3.07 bits per heavy atom. The summed E-state index contributed by atoms with van der Waals surface area (Å²) in [6, 6.07) is 4.74. The molecular weight excluding hydrogens is 190 g/mol.